The second-order valence-electron chi connectivity index (χ2n) is 11.5. The number of hydrogen-bond donors (Lipinski definition) is 1. The van der Waals surface area contributed by atoms with Crippen molar-refractivity contribution in [2.24, 2.45) is 23.7 Å². The molecular formula is C26H41N5O4S2. The predicted molar refractivity (Wildman–Crippen MR) is 147 cm³/mol. The summed E-state index contributed by atoms with van der Waals surface area (Å²) in [5, 5.41) is 3.00. The average molecular weight is 552 g/mol. The van der Waals surface area contributed by atoms with E-state index in [1.165, 1.54) is 33.0 Å². The number of carbonyl (C=O) groups is 1. The first-order chi connectivity index (χ1) is 17.5. The van der Waals surface area contributed by atoms with Crippen LogP contribution in [0.3, 0.4) is 0 Å². The number of piperidine rings is 2. The summed E-state index contributed by atoms with van der Waals surface area (Å²) in [4.78, 5) is 33.8. The Morgan fingerprint density at radius 3 is 2.27 bits per heavy atom. The summed E-state index contributed by atoms with van der Waals surface area (Å²) in [6.07, 6.45) is 4.44. The monoisotopic (exact) mass is 551 g/mol. The summed E-state index contributed by atoms with van der Waals surface area (Å²) in [6, 6.07) is 0. The third-order valence-electron chi connectivity index (χ3n) is 7.46. The lowest BCUT2D eigenvalue weighted by molar-refractivity contribution is -0.121. The van der Waals surface area contributed by atoms with Gasteiger partial charge in [-0.3, -0.25) is 14.2 Å². The lowest BCUT2D eigenvalue weighted by atomic mass is 9.92. The highest BCUT2D eigenvalue weighted by Crippen LogP contribution is 2.35. The number of carbonyl (C=O) groups excluding carboxylic acids is 1. The number of fused-ring (bicyclic) bond motifs is 1. The number of amides is 1. The van der Waals surface area contributed by atoms with Crippen LogP contribution in [0, 0.1) is 30.6 Å². The molecule has 206 valence electrons. The summed E-state index contributed by atoms with van der Waals surface area (Å²) >= 11 is 1.21. The average Bonchev–Trinajstić information content (AvgIpc) is 3.15. The number of likely N-dealkylation sites (tertiary alicyclic amines) is 1. The first kappa shape index (κ1) is 28.2. The van der Waals surface area contributed by atoms with E-state index in [2.05, 4.69) is 42.9 Å². The molecule has 2 aliphatic rings. The molecule has 0 aliphatic carbocycles. The number of thiophene rings is 1. The van der Waals surface area contributed by atoms with Crippen LogP contribution in [0.15, 0.2) is 16.0 Å². The maximum Gasteiger partial charge on any atom is 0.263 e. The first-order valence-corrected chi connectivity index (χ1v) is 15.7. The molecule has 2 fully saturated rings. The standard InChI is InChI=1S/C26H41N5O4S2/c1-17-9-18(2)12-29(11-17)8-6-7-27-22(32)15-30-16-28-25-23(26(30)33)24(21(5)36-25)37(34,35)31-13-19(3)10-20(4)14-31/h16-20H,6-15H2,1-5H3,(H,27,32)/t17-,18+,19-,20-/m0/s1. The smallest absolute Gasteiger partial charge is 0.263 e. The zero-order chi connectivity index (χ0) is 26.9. The lowest BCUT2D eigenvalue weighted by Crippen LogP contribution is -2.43. The SMILES string of the molecule is Cc1sc2ncn(CC(=O)NCCCN3C[C@H](C)C[C@H](C)C3)c(=O)c2c1S(=O)(=O)N1C[C@@H](C)C[C@H](C)C1. The third kappa shape index (κ3) is 6.43. The molecule has 4 atom stereocenters. The molecule has 2 aliphatic heterocycles. The number of aromatic nitrogens is 2. The second-order valence-corrected chi connectivity index (χ2v) is 14.6. The van der Waals surface area contributed by atoms with E-state index in [4.69, 9.17) is 0 Å². The molecule has 1 N–H and O–H groups in total. The summed E-state index contributed by atoms with van der Waals surface area (Å²) in [5.74, 6) is 1.62. The minimum Gasteiger partial charge on any atom is -0.354 e. The van der Waals surface area contributed by atoms with Crippen molar-refractivity contribution in [3.8, 4) is 0 Å². The van der Waals surface area contributed by atoms with Crippen molar-refractivity contribution in [1.29, 1.82) is 0 Å². The lowest BCUT2D eigenvalue weighted by Gasteiger charge is -2.34. The van der Waals surface area contributed by atoms with Gasteiger partial charge >= 0.3 is 0 Å². The van der Waals surface area contributed by atoms with Crippen LogP contribution >= 0.6 is 11.3 Å². The molecule has 0 bridgehead atoms. The van der Waals surface area contributed by atoms with Gasteiger partial charge in [0.2, 0.25) is 15.9 Å². The maximum absolute atomic E-state index is 13.7. The van der Waals surface area contributed by atoms with Gasteiger partial charge in [0.1, 0.15) is 16.3 Å². The topological polar surface area (TPSA) is 105 Å². The minimum atomic E-state index is -3.86. The maximum atomic E-state index is 13.7. The van der Waals surface area contributed by atoms with E-state index in [1.807, 2.05) is 0 Å². The van der Waals surface area contributed by atoms with Gasteiger partial charge in [-0.1, -0.05) is 27.7 Å². The molecular weight excluding hydrogens is 510 g/mol. The molecule has 0 unspecified atom stereocenters. The molecule has 2 aromatic heterocycles. The molecule has 4 rings (SSSR count). The van der Waals surface area contributed by atoms with Crippen LogP contribution in [0.2, 0.25) is 0 Å². The van der Waals surface area contributed by atoms with Crippen molar-refractivity contribution in [2.75, 3.05) is 39.3 Å². The molecule has 1 amide bonds. The van der Waals surface area contributed by atoms with Crippen molar-refractivity contribution in [3.05, 3.63) is 21.6 Å². The highest BCUT2D eigenvalue weighted by atomic mass is 32.2. The Balaban J connectivity index is 1.45. The first-order valence-electron chi connectivity index (χ1n) is 13.4. The molecule has 0 saturated carbocycles. The molecule has 11 heteroatoms. The highest BCUT2D eigenvalue weighted by molar-refractivity contribution is 7.89. The van der Waals surface area contributed by atoms with Crippen molar-refractivity contribution in [1.82, 2.24) is 24.1 Å². The van der Waals surface area contributed by atoms with Crippen molar-refractivity contribution >= 4 is 37.5 Å². The Hall–Kier alpha value is -1.82. The van der Waals surface area contributed by atoms with E-state index >= 15 is 0 Å². The van der Waals surface area contributed by atoms with Crippen LogP contribution in [-0.2, 0) is 21.4 Å². The molecule has 0 radical (unpaired) electrons. The fourth-order valence-corrected chi connectivity index (χ4v) is 9.53. The van der Waals surface area contributed by atoms with E-state index < -0.39 is 15.6 Å². The summed E-state index contributed by atoms with van der Waals surface area (Å²) < 4.78 is 30.1. The van der Waals surface area contributed by atoms with Crippen LogP contribution in [0.25, 0.3) is 10.2 Å². The van der Waals surface area contributed by atoms with E-state index in [9.17, 15) is 18.0 Å². The van der Waals surface area contributed by atoms with E-state index in [0.29, 0.717) is 41.2 Å². The number of hydrogen-bond acceptors (Lipinski definition) is 7. The summed E-state index contributed by atoms with van der Waals surface area (Å²) in [7, 11) is -3.86. The normalized spacial score (nSPS) is 26.0. The number of aryl methyl sites for hydroxylation is 1. The van der Waals surface area contributed by atoms with Gasteiger partial charge in [0.25, 0.3) is 5.56 Å². The molecule has 0 aromatic carbocycles. The second kappa shape index (κ2) is 11.5. The fraction of sp³-hybridized carbons (Fsp3) is 0.731. The number of nitrogens with one attached hydrogen (secondary N) is 1. The van der Waals surface area contributed by atoms with Crippen molar-refractivity contribution < 1.29 is 13.2 Å². The number of nitrogens with zero attached hydrogens (tertiary/aromatic N) is 4. The van der Waals surface area contributed by atoms with Crippen LogP contribution in [-0.4, -0.2) is 72.3 Å². The fourth-order valence-electron chi connectivity index (χ4n) is 6.18. The Kier molecular flexibility index (Phi) is 8.77. The van der Waals surface area contributed by atoms with E-state index in [-0.39, 0.29) is 34.6 Å². The van der Waals surface area contributed by atoms with E-state index in [0.717, 1.165) is 32.5 Å². The molecule has 2 aromatic rings. The number of sulfonamides is 1. The van der Waals surface area contributed by atoms with Crippen LogP contribution < -0.4 is 10.9 Å². The summed E-state index contributed by atoms with van der Waals surface area (Å²) in [5.41, 5.74) is -0.488. The molecule has 0 spiro atoms. The summed E-state index contributed by atoms with van der Waals surface area (Å²) in [6.45, 7) is 14.7. The molecule has 2 saturated heterocycles. The Bertz CT molecular complexity index is 1270. The number of rotatable bonds is 8. The van der Waals surface area contributed by atoms with Gasteiger partial charge in [0.05, 0.1) is 11.7 Å². The largest absolute Gasteiger partial charge is 0.354 e. The van der Waals surface area contributed by atoms with Gasteiger partial charge in [-0.2, -0.15) is 4.31 Å². The van der Waals surface area contributed by atoms with Gasteiger partial charge in [0, 0.05) is 37.6 Å². The van der Waals surface area contributed by atoms with Gasteiger partial charge in [0.15, 0.2) is 0 Å². The van der Waals surface area contributed by atoms with Gasteiger partial charge in [-0.05, 0) is 56.4 Å². The third-order valence-corrected chi connectivity index (χ3v) is 10.6. The van der Waals surface area contributed by atoms with Crippen LogP contribution in [0.4, 0.5) is 0 Å². The van der Waals surface area contributed by atoms with Crippen LogP contribution in [0.5, 0.6) is 0 Å². The van der Waals surface area contributed by atoms with Crippen LogP contribution in [0.1, 0.15) is 51.8 Å². The molecule has 9 nitrogen and oxygen atoms in total. The zero-order valence-electron chi connectivity index (χ0n) is 22.7. The Labute approximate surface area is 224 Å². The van der Waals surface area contributed by atoms with Crippen molar-refractivity contribution in [3.63, 3.8) is 0 Å². The predicted octanol–water partition coefficient (Wildman–Crippen LogP) is 2.92. The van der Waals surface area contributed by atoms with Gasteiger partial charge < -0.3 is 10.2 Å². The quantitative estimate of drug-likeness (QED) is 0.506. The highest BCUT2D eigenvalue weighted by Gasteiger charge is 2.36. The minimum absolute atomic E-state index is 0.0473. The Morgan fingerprint density at radius 1 is 1.05 bits per heavy atom. The molecule has 37 heavy (non-hydrogen) atoms. The Morgan fingerprint density at radius 2 is 1.65 bits per heavy atom. The molecule has 4 heterocycles. The zero-order valence-corrected chi connectivity index (χ0v) is 24.3. The van der Waals surface area contributed by atoms with Crippen molar-refractivity contribution in [2.45, 2.75) is 65.3 Å². The van der Waals surface area contributed by atoms with Gasteiger partial charge in [-0.25, -0.2) is 13.4 Å². The van der Waals surface area contributed by atoms with Gasteiger partial charge in [-0.15, -0.1) is 11.3 Å². The van der Waals surface area contributed by atoms with E-state index in [1.54, 1.807) is 6.92 Å².